The fraction of sp³-hybridized carbons (Fsp3) is 0.462. The Labute approximate surface area is 97.0 Å². The Balaban J connectivity index is 2.88. The van der Waals surface area contributed by atoms with Crippen LogP contribution in [0.5, 0.6) is 5.75 Å². The SMILES string of the molecule is CCCC(C)Nc1cc(OC)ccc1C#N. The molecule has 0 aromatic heterocycles. The highest BCUT2D eigenvalue weighted by atomic mass is 16.5. The molecule has 3 heteroatoms. The zero-order valence-corrected chi connectivity index (χ0v) is 10.1. The molecule has 0 amide bonds. The van der Waals surface area contributed by atoms with Crippen molar-refractivity contribution in [2.24, 2.45) is 0 Å². The summed E-state index contributed by atoms with van der Waals surface area (Å²) in [5.74, 6) is 0.769. The molecule has 1 unspecified atom stereocenters. The molecule has 0 heterocycles. The molecule has 0 bridgehead atoms. The normalized spacial score (nSPS) is 11.6. The van der Waals surface area contributed by atoms with Gasteiger partial charge in [-0.15, -0.1) is 0 Å². The quantitative estimate of drug-likeness (QED) is 0.825. The molecule has 1 atom stereocenters. The van der Waals surface area contributed by atoms with Gasteiger partial charge in [-0.2, -0.15) is 5.26 Å². The van der Waals surface area contributed by atoms with E-state index in [-0.39, 0.29) is 0 Å². The number of nitriles is 1. The Morgan fingerprint density at radius 2 is 2.25 bits per heavy atom. The summed E-state index contributed by atoms with van der Waals surface area (Å²) < 4.78 is 5.15. The van der Waals surface area contributed by atoms with Crippen LogP contribution in [0, 0.1) is 11.3 Å². The van der Waals surface area contributed by atoms with Crippen LogP contribution in [-0.4, -0.2) is 13.2 Å². The lowest BCUT2D eigenvalue weighted by Crippen LogP contribution is -2.15. The average Bonchev–Trinajstić information content (AvgIpc) is 2.29. The predicted molar refractivity (Wildman–Crippen MR) is 65.7 cm³/mol. The third-order valence-electron chi connectivity index (χ3n) is 2.47. The molecule has 3 nitrogen and oxygen atoms in total. The van der Waals surface area contributed by atoms with Crippen LogP contribution in [0.4, 0.5) is 5.69 Å². The van der Waals surface area contributed by atoms with Crippen molar-refractivity contribution >= 4 is 5.69 Å². The highest BCUT2D eigenvalue weighted by molar-refractivity contribution is 5.60. The summed E-state index contributed by atoms with van der Waals surface area (Å²) in [6.45, 7) is 4.26. The van der Waals surface area contributed by atoms with Crippen LogP contribution in [0.3, 0.4) is 0 Å². The van der Waals surface area contributed by atoms with E-state index in [2.05, 4.69) is 25.2 Å². The standard InChI is InChI=1S/C13H18N2O/c1-4-5-10(2)15-13-8-12(16-3)7-6-11(13)9-14/h6-8,10,15H,4-5H2,1-3H3. The Kier molecular flexibility index (Phi) is 4.65. The van der Waals surface area contributed by atoms with Gasteiger partial charge in [-0.3, -0.25) is 0 Å². The number of hydrogen-bond acceptors (Lipinski definition) is 3. The van der Waals surface area contributed by atoms with Gasteiger partial charge in [-0.1, -0.05) is 13.3 Å². The minimum atomic E-state index is 0.365. The number of ether oxygens (including phenoxy) is 1. The first-order valence-electron chi connectivity index (χ1n) is 5.56. The van der Waals surface area contributed by atoms with E-state index in [1.807, 2.05) is 6.07 Å². The van der Waals surface area contributed by atoms with E-state index < -0.39 is 0 Å². The number of nitrogens with one attached hydrogen (secondary N) is 1. The van der Waals surface area contributed by atoms with Gasteiger partial charge in [0, 0.05) is 12.1 Å². The van der Waals surface area contributed by atoms with E-state index in [0.29, 0.717) is 11.6 Å². The lowest BCUT2D eigenvalue weighted by molar-refractivity contribution is 0.415. The Morgan fingerprint density at radius 3 is 2.81 bits per heavy atom. The Morgan fingerprint density at radius 1 is 1.50 bits per heavy atom. The maximum atomic E-state index is 8.99. The van der Waals surface area contributed by atoms with Crippen LogP contribution in [0.1, 0.15) is 32.3 Å². The number of benzene rings is 1. The summed E-state index contributed by atoms with van der Waals surface area (Å²) in [6.07, 6.45) is 2.21. The summed E-state index contributed by atoms with van der Waals surface area (Å²) in [4.78, 5) is 0. The lowest BCUT2D eigenvalue weighted by Gasteiger charge is -2.16. The maximum absolute atomic E-state index is 8.99. The summed E-state index contributed by atoms with van der Waals surface area (Å²) in [7, 11) is 1.63. The highest BCUT2D eigenvalue weighted by Gasteiger charge is 2.06. The monoisotopic (exact) mass is 218 g/mol. The van der Waals surface area contributed by atoms with Crippen molar-refractivity contribution in [2.75, 3.05) is 12.4 Å². The summed E-state index contributed by atoms with van der Waals surface area (Å²) in [5, 5.41) is 12.3. The Hall–Kier alpha value is -1.69. The maximum Gasteiger partial charge on any atom is 0.121 e. The lowest BCUT2D eigenvalue weighted by atomic mass is 10.1. The Bertz CT molecular complexity index is 382. The first-order valence-corrected chi connectivity index (χ1v) is 5.56. The molecule has 0 spiro atoms. The first kappa shape index (κ1) is 12.4. The van der Waals surface area contributed by atoms with Crippen molar-refractivity contribution in [2.45, 2.75) is 32.7 Å². The summed E-state index contributed by atoms with van der Waals surface area (Å²) in [5.41, 5.74) is 1.51. The first-order chi connectivity index (χ1) is 7.71. The van der Waals surface area contributed by atoms with Crippen molar-refractivity contribution in [1.29, 1.82) is 5.26 Å². The molecule has 0 saturated heterocycles. The molecular weight excluding hydrogens is 200 g/mol. The van der Waals surface area contributed by atoms with Gasteiger partial charge in [0.05, 0.1) is 18.4 Å². The zero-order chi connectivity index (χ0) is 12.0. The van der Waals surface area contributed by atoms with E-state index in [9.17, 15) is 0 Å². The highest BCUT2D eigenvalue weighted by Crippen LogP contribution is 2.23. The number of rotatable bonds is 5. The van der Waals surface area contributed by atoms with Gasteiger partial charge in [0.25, 0.3) is 0 Å². The fourth-order valence-corrected chi connectivity index (χ4v) is 1.64. The molecule has 0 saturated carbocycles. The predicted octanol–water partition coefficient (Wildman–Crippen LogP) is 3.17. The van der Waals surface area contributed by atoms with E-state index in [1.54, 1.807) is 19.2 Å². The zero-order valence-electron chi connectivity index (χ0n) is 10.1. The smallest absolute Gasteiger partial charge is 0.121 e. The second-order valence-electron chi connectivity index (χ2n) is 3.86. The minimum absolute atomic E-state index is 0.365. The van der Waals surface area contributed by atoms with Gasteiger partial charge in [0.1, 0.15) is 11.8 Å². The summed E-state index contributed by atoms with van der Waals surface area (Å²) >= 11 is 0. The average molecular weight is 218 g/mol. The van der Waals surface area contributed by atoms with Crippen LogP contribution in [0.25, 0.3) is 0 Å². The van der Waals surface area contributed by atoms with Crippen molar-refractivity contribution in [3.05, 3.63) is 23.8 Å². The molecule has 0 aliphatic rings. The number of nitrogens with zero attached hydrogens (tertiary/aromatic N) is 1. The second kappa shape index (κ2) is 6.02. The number of methoxy groups -OCH3 is 1. The van der Waals surface area contributed by atoms with E-state index in [0.717, 1.165) is 24.3 Å². The third kappa shape index (κ3) is 3.16. The topological polar surface area (TPSA) is 45.0 Å². The van der Waals surface area contributed by atoms with E-state index in [4.69, 9.17) is 10.00 Å². The van der Waals surface area contributed by atoms with Gasteiger partial charge in [-0.25, -0.2) is 0 Å². The number of hydrogen-bond donors (Lipinski definition) is 1. The summed E-state index contributed by atoms with van der Waals surface area (Å²) in [6, 6.07) is 7.98. The largest absolute Gasteiger partial charge is 0.497 e. The van der Waals surface area contributed by atoms with Crippen LogP contribution < -0.4 is 10.1 Å². The van der Waals surface area contributed by atoms with Crippen molar-refractivity contribution < 1.29 is 4.74 Å². The molecule has 0 radical (unpaired) electrons. The van der Waals surface area contributed by atoms with Crippen LogP contribution in [0.15, 0.2) is 18.2 Å². The fourth-order valence-electron chi connectivity index (χ4n) is 1.64. The van der Waals surface area contributed by atoms with Crippen molar-refractivity contribution in [3.63, 3.8) is 0 Å². The van der Waals surface area contributed by atoms with Gasteiger partial charge in [0.2, 0.25) is 0 Å². The van der Waals surface area contributed by atoms with Crippen LogP contribution in [-0.2, 0) is 0 Å². The molecule has 86 valence electrons. The molecule has 1 aromatic carbocycles. The van der Waals surface area contributed by atoms with Crippen molar-refractivity contribution in [3.8, 4) is 11.8 Å². The van der Waals surface area contributed by atoms with E-state index in [1.165, 1.54) is 0 Å². The molecule has 1 rings (SSSR count). The molecular formula is C13H18N2O. The third-order valence-corrected chi connectivity index (χ3v) is 2.47. The van der Waals surface area contributed by atoms with Crippen LogP contribution >= 0.6 is 0 Å². The van der Waals surface area contributed by atoms with Gasteiger partial charge >= 0.3 is 0 Å². The molecule has 0 aliphatic carbocycles. The van der Waals surface area contributed by atoms with Gasteiger partial charge in [-0.05, 0) is 25.5 Å². The number of anilines is 1. The van der Waals surface area contributed by atoms with E-state index >= 15 is 0 Å². The molecule has 1 aromatic rings. The molecule has 0 aliphatic heterocycles. The van der Waals surface area contributed by atoms with Gasteiger partial charge in [0.15, 0.2) is 0 Å². The van der Waals surface area contributed by atoms with Crippen LogP contribution in [0.2, 0.25) is 0 Å². The molecule has 1 N–H and O–H groups in total. The second-order valence-corrected chi connectivity index (χ2v) is 3.86. The van der Waals surface area contributed by atoms with Gasteiger partial charge < -0.3 is 10.1 Å². The minimum Gasteiger partial charge on any atom is -0.497 e. The molecule has 16 heavy (non-hydrogen) atoms. The molecule has 0 fully saturated rings. The van der Waals surface area contributed by atoms with Crippen molar-refractivity contribution in [1.82, 2.24) is 0 Å².